The second-order valence-corrected chi connectivity index (χ2v) is 4.94. The Labute approximate surface area is 123 Å². The second kappa shape index (κ2) is 5.83. The quantitative estimate of drug-likeness (QED) is 0.727. The molecule has 3 aromatic rings. The largest absolute Gasteiger partial charge is 0.459 e. The van der Waals surface area contributed by atoms with Crippen LogP contribution in [-0.4, -0.2) is 0 Å². The molecule has 0 saturated heterocycles. The van der Waals surface area contributed by atoms with Crippen molar-refractivity contribution in [2.75, 3.05) is 5.32 Å². The number of nitrogens with one attached hydrogen (secondary N) is 1. The highest BCUT2D eigenvalue weighted by molar-refractivity contribution is 5.57. The predicted octanol–water partition coefficient (Wildman–Crippen LogP) is 5.01. The molecule has 3 rings (SSSR count). The third kappa shape index (κ3) is 3.14. The maximum absolute atomic E-state index is 12.9. The number of furan rings is 1. The highest BCUT2D eigenvalue weighted by Gasteiger charge is 2.05. The Hall–Kier alpha value is -2.55. The summed E-state index contributed by atoms with van der Waals surface area (Å²) in [5.41, 5.74) is 3.17. The molecule has 1 heterocycles. The molecule has 0 saturated carbocycles. The van der Waals surface area contributed by atoms with E-state index in [0.29, 0.717) is 6.54 Å². The fourth-order valence-electron chi connectivity index (χ4n) is 2.20. The molecule has 0 spiro atoms. The van der Waals surface area contributed by atoms with Crippen molar-refractivity contribution in [1.29, 1.82) is 0 Å². The van der Waals surface area contributed by atoms with E-state index in [9.17, 15) is 4.39 Å². The van der Waals surface area contributed by atoms with Gasteiger partial charge in [-0.25, -0.2) is 4.39 Å². The minimum atomic E-state index is -0.244. The van der Waals surface area contributed by atoms with E-state index in [-0.39, 0.29) is 5.82 Å². The summed E-state index contributed by atoms with van der Waals surface area (Å²) in [5.74, 6) is 1.35. The number of benzene rings is 2. The predicted molar refractivity (Wildman–Crippen MR) is 82.6 cm³/mol. The summed E-state index contributed by atoms with van der Waals surface area (Å²) in [6.45, 7) is 2.68. The number of anilines is 1. The fourth-order valence-corrected chi connectivity index (χ4v) is 2.20. The van der Waals surface area contributed by atoms with E-state index in [0.717, 1.165) is 22.8 Å². The minimum Gasteiger partial charge on any atom is -0.459 e. The highest BCUT2D eigenvalue weighted by atomic mass is 19.1. The Morgan fingerprint density at radius 1 is 0.952 bits per heavy atom. The van der Waals surface area contributed by atoms with Crippen LogP contribution < -0.4 is 5.32 Å². The molecule has 0 aliphatic heterocycles. The molecule has 1 N–H and O–H groups in total. The summed E-state index contributed by atoms with van der Waals surface area (Å²) in [6.07, 6.45) is 0. The van der Waals surface area contributed by atoms with Gasteiger partial charge in [0, 0.05) is 11.3 Å². The van der Waals surface area contributed by atoms with Crippen LogP contribution in [0.25, 0.3) is 11.3 Å². The third-order valence-electron chi connectivity index (χ3n) is 3.39. The lowest BCUT2D eigenvalue weighted by Gasteiger charge is -2.07. The molecule has 3 heteroatoms. The molecule has 0 fully saturated rings. The first-order chi connectivity index (χ1) is 10.2. The smallest absolute Gasteiger partial charge is 0.134 e. The van der Waals surface area contributed by atoms with Gasteiger partial charge in [0.2, 0.25) is 0 Å². The Morgan fingerprint density at radius 3 is 2.48 bits per heavy atom. The molecule has 0 amide bonds. The van der Waals surface area contributed by atoms with Crippen LogP contribution in [0.4, 0.5) is 10.1 Å². The monoisotopic (exact) mass is 281 g/mol. The Kier molecular flexibility index (Phi) is 3.73. The summed E-state index contributed by atoms with van der Waals surface area (Å²) >= 11 is 0. The average Bonchev–Trinajstić information content (AvgIpc) is 2.96. The molecular formula is C18H16FNO. The van der Waals surface area contributed by atoms with Crippen molar-refractivity contribution in [3.05, 3.63) is 77.8 Å². The van der Waals surface area contributed by atoms with Gasteiger partial charge in [0.1, 0.15) is 17.3 Å². The van der Waals surface area contributed by atoms with Crippen LogP contribution in [0.5, 0.6) is 0 Å². The Morgan fingerprint density at radius 2 is 1.71 bits per heavy atom. The third-order valence-corrected chi connectivity index (χ3v) is 3.39. The second-order valence-electron chi connectivity index (χ2n) is 4.94. The van der Waals surface area contributed by atoms with Gasteiger partial charge in [-0.1, -0.05) is 18.2 Å². The lowest BCUT2D eigenvalue weighted by molar-refractivity contribution is 0.531. The van der Waals surface area contributed by atoms with E-state index < -0.39 is 0 Å². The van der Waals surface area contributed by atoms with Gasteiger partial charge in [0.25, 0.3) is 0 Å². The lowest BCUT2D eigenvalue weighted by atomic mass is 10.2. The molecule has 0 aliphatic rings. The van der Waals surface area contributed by atoms with Gasteiger partial charge in [0.15, 0.2) is 0 Å². The maximum atomic E-state index is 12.9. The van der Waals surface area contributed by atoms with Crippen LogP contribution in [0, 0.1) is 12.7 Å². The van der Waals surface area contributed by atoms with E-state index in [2.05, 4.69) is 18.3 Å². The summed E-state index contributed by atoms with van der Waals surface area (Å²) < 4.78 is 18.7. The topological polar surface area (TPSA) is 25.2 Å². The van der Waals surface area contributed by atoms with E-state index >= 15 is 0 Å². The molecule has 2 nitrogen and oxygen atoms in total. The van der Waals surface area contributed by atoms with Crippen molar-refractivity contribution in [2.24, 2.45) is 0 Å². The van der Waals surface area contributed by atoms with Crippen molar-refractivity contribution in [3.8, 4) is 11.3 Å². The standard InChI is InChI=1S/C18H16FNO/c1-13-4-2-3-5-17(13)20-12-16-10-11-18(21-16)14-6-8-15(19)9-7-14/h2-11,20H,12H2,1H3. The maximum Gasteiger partial charge on any atom is 0.134 e. The van der Waals surface area contributed by atoms with Crippen LogP contribution >= 0.6 is 0 Å². The first-order valence-corrected chi connectivity index (χ1v) is 6.86. The van der Waals surface area contributed by atoms with Crippen molar-refractivity contribution < 1.29 is 8.81 Å². The van der Waals surface area contributed by atoms with Crippen molar-refractivity contribution >= 4 is 5.69 Å². The molecule has 1 aromatic heterocycles. The number of aryl methyl sites for hydroxylation is 1. The van der Waals surface area contributed by atoms with Gasteiger partial charge >= 0.3 is 0 Å². The number of hydrogen-bond acceptors (Lipinski definition) is 2. The zero-order valence-corrected chi connectivity index (χ0v) is 11.8. The van der Waals surface area contributed by atoms with Crippen molar-refractivity contribution in [1.82, 2.24) is 0 Å². The zero-order chi connectivity index (χ0) is 14.7. The van der Waals surface area contributed by atoms with Crippen LogP contribution in [-0.2, 0) is 6.54 Å². The van der Waals surface area contributed by atoms with Crippen LogP contribution in [0.1, 0.15) is 11.3 Å². The molecule has 0 atom stereocenters. The van der Waals surface area contributed by atoms with Crippen LogP contribution in [0.3, 0.4) is 0 Å². The molecular weight excluding hydrogens is 265 g/mol. The Bertz CT molecular complexity index is 731. The van der Waals surface area contributed by atoms with Gasteiger partial charge in [0.05, 0.1) is 6.54 Å². The first kappa shape index (κ1) is 13.4. The molecule has 0 bridgehead atoms. The van der Waals surface area contributed by atoms with Gasteiger partial charge in [-0.3, -0.25) is 0 Å². The van der Waals surface area contributed by atoms with Crippen molar-refractivity contribution in [3.63, 3.8) is 0 Å². The number of para-hydroxylation sites is 1. The first-order valence-electron chi connectivity index (χ1n) is 6.86. The van der Waals surface area contributed by atoms with E-state index in [1.807, 2.05) is 30.3 Å². The summed E-state index contributed by atoms with van der Waals surface area (Å²) in [5, 5.41) is 3.35. The number of halogens is 1. The molecule has 21 heavy (non-hydrogen) atoms. The minimum absolute atomic E-state index is 0.244. The average molecular weight is 281 g/mol. The van der Waals surface area contributed by atoms with Gasteiger partial charge in [-0.2, -0.15) is 0 Å². The van der Waals surface area contributed by atoms with E-state index in [1.165, 1.54) is 17.7 Å². The number of hydrogen-bond donors (Lipinski definition) is 1. The number of rotatable bonds is 4. The van der Waals surface area contributed by atoms with Gasteiger partial charge in [-0.05, 0) is 55.0 Å². The summed E-state index contributed by atoms with van der Waals surface area (Å²) in [6, 6.07) is 18.3. The highest BCUT2D eigenvalue weighted by Crippen LogP contribution is 2.23. The van der Waals surface area contributed by atoms with E-state index in [4.69, 9.17) is 4.42 Å². The SMILES string of the molecule is Cc1ccccc1NCc1ccc(-c2ccc(F)cc2)o1. The molecule has 0 unspecified atom stereocenters. The van der Waals surface area contributed by atoms with Gasteiger partial charge < -0.3 is 9.73 Å². The van der Waals surface area contributed by atoms with Crippen LogP contribution in [0.2, 0.25) is 0 Å². The van der Waals surface area contributed by atoms with Crippen LogP contribution in [0.15, 0.2) is 65.1 Å². The van der Waals surface area contributed by atoms with Gasteiger partial charge in [-0.15, -0.1) is 0 Å². The molecule has 106 valence electrons. The fraction of sp³-hybridized carbons (Fsp3) is 0.111. The molecule has 2 aromatic carbocycles. The zero-order valence-electron chi connectivity index (χ0n) is 11.8. The summed E-state index contributed by atoms with van der Waals surface area (Å²) in [4.78, 5) is 0. The van der Waals surface area contributed by atoms with Crippen molar-refractivity contribution in [2.45, 2.75) is 13.5 Å². The normalized spacial score (nSPS) is 10.6. The molecule has 0 radical (unpaired) electrons. The lowest BCUT2D eigenvalue weighted by Crippen LogP contribution is -1.99. The summed E-state index contributed by atoms with van der Waals surface area (Å²) in [7, 11) is 0. The molecule has 0 aliphatic carbocycles. The van der Waals surface area contributed by atoms with E-state index in [1.54, 1.807) is 12.1 Å². The Balaban J connectivity index is 1.71.